The second-order valence-electron chi connectivity index (χ2n) is 9.04. The zero-order chi connectivity index (χ0) is 25.1. The summed E-state index contributed by atoms with van der Waals surface area (Å²) in [5.41, 5.74) is 8.82. The quantitative estimate of drug-likeness (QED) is 0.388. The van der Waals surface area contributed by atoms with Crippen LogP contribution < -0.4 is 21.1 Å². The number of hydrogen-bond acceptors (Lipinski definition) is 7. The van der Waals surface area contributed by atoms with Crippen LogP contribution in [-0.4, -0.2) is 58.0 Å². The third-order valence-corrected chi connectivity index (χ3v) is 7.51. The van der Waals surface area contributed by atoms with Crippen LogP contribution in [0.1, 0.15) is 18.4 Å². The minimum atomic E-state index is -0.719. The average molecular weight is 505 g/mol. The summed E-state index contributed by atoms with van der Waals surface area (Å²) in [6.07, 6.45) is 3.75. The van der Waals surface area contributed by atoms with Crippen molar-refractivity contribution in [3.8, 4) is 17.6 Å². The largest absolute Gasteiger partial charge is 0.457 e. The Hall–Kier alpha value is -3.52. The maximum Gasteiger partial charge on any atom is 0.242 e. The zero-order valence-corrected chi connectivity index (χ0v) is 20.5. The lowest BCUT2D eigenvalue weighted by atomic mass is 10.0. The normalized spacial score (nSPS) is 20.3. The molecule has 186 valence electrons. The molecule has 5 rings (SSSR count). The van der Waals surface area contributed by atoms with Crippen molar-refractivity contribution < 1.29 is 14.3 Å². The Morgan fingerprint density at radius 2 is 2.06 bits per heavy atom. The second-order valence-corrected chi connectivity index (χ2v) is 10.1. The molecule has 0 saturated carbocycles. The zero-order valence-electron chi connectivity index (χ0n) is 19.7. The number of thioether (sulfide) groups is 1. The fourth-order valence-corrected chi connectivity index (χ4v) is 5.57. The maximum atomic E-state index is 12.8. The van der Waals surface area contributed by atoms with Crippen molar-refractivity contribution >= 4 is 40.2 Å². The highest BCUT2D eigenvalue weighted by molar-refractivity contribution is 7.99. The number of carbonyl (C=O) groups is 2. The molecule has 0 spiro atoms. The van der Waals surface area contributed by atoms with Crippen LogP contribution in [0.3, 0.4) is 0 Å². The third kappa shape index (κ3) is 5.18. The van der Waals surface area contributed by atoms with Crippen LogP contribution in [0.15, 0.2) is 48.7 Å². The van der Waals surface area contributed by atoms with E-state index in [0.29, 0.717) is 36.6 Å². The summed E-state index contributed by atoms with van der Waals surface area (Å²) in [6.45, 7) is 0.579. The minimum Gasteiger partial charge on any atom is -0.457 e. The monoisotopic (exact) mass is 504 g/mol. The summed E-state index contributed by atoms with van der Waals surface area (Å²) in [4.78, 5) is 29.9. The summed E-state index contributed by atoms with van der Waals surface area (Å²) >= 11 is 1.71. The Morgan fingerprint density at radius 3 is 2.81 bits per heavy atom. The lowest BCUT2D eigenvalue weighted by Gasteiger charge is -2.23. The summed E-state index contributed by atoms with van der Waals surface area (Å²) < 4.78 is 6.05. The molecule has 10 heteroatoms. The second kappa shape index (κ2) is 10.6. The maximum absolute atomic E-state index is 12.8. The number of rotatable bonds is 7. The number of H-pyrrole nitrogens is 1. The number of nitrogens with two attached hydrogens (primary N) is 1. The van der Waals surface area contributed by atoms with Crippen LogP contribution in [0.4, 0.5) is 5.69 Å². The van der Waals surface area contributed by atoms with Crippen LogP contribution in [-0.2, 0) is 16.0 Å². The van der Waals surface area contributed by atoms with Crippen LogP contribution in [0.5, 0.6) is 11.5 Å². The summed E-state index contributed by atoms with van der Waals surface area (Å²) in [6, 6.07) is 13.9. The summed E-state index contributed by atoms with van der Waals surface area (Å²) in [5, 5.41) is 16.3. The predicted octanol–water partition coefficient (Wildman–Crippen LogP) is 2.95. The van der Waals surface area contributed by atoms with Gasteiger partial charge in [-0.05, 0) is 67.3 Å². The van der Waals surface area contributed by atoms with Crippen molar-refractivity contribution in [2.45, 2.75) is 37.4 Å². The first kappa shape index (κ1) is 24.2. The van der Waals surface area contributed by atoms with Gasteiger partial charge in [0.2, 0.25) is 11.8 Å². The summed E-state index contributed by atoms with van der Waals surface area (Å²) in [5.74, 6) is 2.63. The number of aromatic nitrogens is 1. The van der Waals surface area contributed by atoms with Gasteiger partial charge >= 0.3 is 0 Å². The number of aromatic amines is 1. The molecule has 3 heterocycles. The van der Waals surface area contributed by atoms with Crippen molar-refractivity contribution in [3.05, 3.63) is 54.2 Å². The Kier molecular flexibility index (Phi) is 7.13. The Morgan fingerprint density at radius 1 is 1.25 bits per heavy atom. The van der Waals surface area contributed by atoms with Crippen molar-refractivity contribution in [3.63, 3.8) is 0 Å². The van der Waals surface area contributed by atoms with Crippen molar-refractivity contribution in [1.29, 1.82) is 5.26 Å². The summed E-state index contributed by atoms with van der Waals surface area (Å²) in [7, 11) is 0. The van der Waals surface area contributed by atoms with Gasteiger partial charge in [0.15, 0.2) is 0 Å². The first-order chi connectivity index (χ1) is 17.5. The van der Waals surface area contributed by atoms with Gasteiger partial charge in [-0.3, -0.25) is 14.9 Å². The molecular weight excluding hydrogens is 476 g/mol. The topological polar surface area (TPSA) is 136 Å². The standard InChI is InChI=1S/C26H28N6O3S/c27-12-18-2-1-9-32(18)26(34)22(28)10-16-13-29-23-8-7-20(11-21(16)23)35-19-5-3-17(4-6-19)31-25(33)24-14-36-15-30-24/h3-8,11,13,18,22,24,29-30H,1-2,9-10,14-15,28H2,(H,31,33)/t18-,22?,24+/m0/s1. The van der Waals surface area contributed by atoms with Crippen molar-refractivity contribution in [2.24, 2.45) is 5.73 Å². The van der Waals surface area contributed by atoms with E-state index in [1.165, 1.54) is 0 Å². The highest BCUT2D eigenvalue weighted by atomic mass is 32.2. The number of fused-ring (bicyclic) bond motifs is 1. The third-order valence-electron chi connectivity index (χ3n) is 6.57. The number of nitrogens with one attached hydrogen (secondary N) is 3. The number of benzene rings is 2. The molecule has 2 aliphatic rings. The van der Waals surface area contributed by atoms with Crippen LogP contribution in [0, 0.1) is 11.3 Å². The number of anilines is 1. The van der Waals surface area contributed by atoms with E-state index in [-0.39, 0.29) is 23.9 Å². The van der Waals surface area contributed by atoms with Crippen molar-refractivity contribution in [1.82, 2.24) is 15.2 Å². The molecule has 2 saturated heterocycles. The number of ether oxygens (including phenoxy) is 1. The van der Waals surface area contributed by atoms with E-state index in [1.807, 2.05) is 48.7 Å². The van der Waals surface area contributed by atoms with E-state index in [4.69, 9.17) is 10.5 Å². The van der Waals surface area contributed by atoms with E-state index in [9.17, 15) is 14.9 Å². The van der Waals surface area contributed by atoms with E-state index in [2.05, 4.69) is 21.7 Å². The molecule has 3 atom stereocenters. The van der Waals surface area contributed by atoms with Gasteiger partial charge in [-0.1, -0.05) is 0 Å². The Bertz CT molecular complexity index is 1300. The molecule has 2 aromatic carbocycles. The molecule has 1 aromatic heterocycles. The van der Waals surface area contributed by atoms with Crippen molar-refractivity contribution in [2.75, 3.05) is 23.5 Å². The first-order valence-corrected chi connectivity index (χ1v) is 13.1. The number of amides is 2. The van der Waals surface area contributed by atoms with Gasteiger partial charge in [-0.2, -0.15) is 5.26 Å². The van der Waals surface area contributed by atoms with Crippen LogP contribution in [0.25, 0.3) is 10.9 Å². The fraction of sp³-hybridized carbons (Fsp3) is 0.346. The molecular formula is C26H28N6O3S. The predicted molar refractivity (Wildman–Crippen MR) is 140 cm³/mol. The van der Waals surface area contributed by atoms with Gasteiger partial charge in [0.25, 0.3) is 0 Å². The molecule has 0 radical (unpaired) electrons. The van der Waals surface area contributed by atoms with E-state index >= 15 is 0 Å². The highest BCUT2D eigenvalue weighted by Gasteiger charge is 2.32. The fourth-order valence-electron chi connectivity index (χ4n) is 4.63. The van der Waals surface area contributed by atoms with Gasteiger partial charge < -0.3 is 25.7 Å². The van der Waals surface area contributed by atoms with Crippen LogP contribution >= 0.6 is 11.8 Å². The molecule has 0 bridgehead atoms. The minimum absolute atomic E-state index is 0.0383. The Labute approximate surface area is 213 Å². The molecule has 9 nitrogen and oxygen atoms in total. The van der Waals surface area contributed by atoms with Gasteiger partial charge in [-0.15, -0.1) is 11.8 Å². The lowest BCUT2D eigenvalue weighted by molar-refractivity contribution is -0.132. The van der Waals surface area contributed by atoms with E-state index < -0.39 is 6.04 Å². The number of nitriles is 1. The molecule has 3 aromatic rings. The molecule has 2 fully saturated rings. The van der Waals surface area contributed by atoms with Gasteiger partial charge in [0.05, 0.1) is 18.2 Å². The molecule has 1 unspecified atom stereocenters. The number of nitrogens with zero attached hydrogens (tertiary/aromatic N) is 2. The molecule has 5 N–H and O–H groups in total. The molecule has 0 aliphatic carbocycles. The Balaban J connectivity index is 1.24. The van der Waals surface area contributed by atoms with Gasteiger partial charge in [-0.25, -0.2) is 0 Å². The average Bonchev–Trinajstić information content (AvgIpc) is 3.66. The highest BCUT2D eigenvalue weighted by Crippen LogP contribution is 2.29. The van der Waals surface area contributed by atoms with E-state index in [0.717, 1.165) is 34.5 Å². The van der Waals surface area contributed by atoms with E-state index in [1.54, 1.807) is 16.7 Å². The van der Waals surface area contributed by atoms with Gasteiger partial charge in [0, 0.05) is 41.0 Å². The number of carbonyl (C=O) groups excluding carboxylic acids is 2. The van der Waals surface area contributed by atoms with Crippen LogP contribution in [0.2, 0.25) is 0 Å². The number of likely N-dealkylation sites (tertiary alicyclic amines) is 1. The molecule has 2 amide bonds. The molecule has 36 heavy (non-hydrogen) atoms. The SMILES string of the molecule is N#C[C@@H]1CCCN1C(=O)C(N)Cc1c[nH]c2ccc(Oc3ccc(NC(=O)[C@H]4CSCN4)cc3)cc12. The lowest BCUT2D eigenvalue weighted by Crippen LogP contribution is -2.46. The molecule has 2 aliphatic heterocycles. The first-order valence-electron chi connectivity index (χ1n) is 12.0. The smallest absolute Gasteiger partial charge is 0.242 e. The number of hydrogen-bond donors (Lipinski definition) is 4. The van der Waals surface area contributed by atoms with Gasteiger partial charge in [0.1, 0.15) is 17.5 Å².